The largest absolute Gasteiger partial charge is 0.294 e. The summed E-state index contributed by atoms with van der Waals surface area (Å²) in [6.07, 6.45) is 0. The lowest BCUT2D eigenvalue weighted by atomic mass is 9.90. The van der Waals surface area contributed by atoms with Crippen LogP contribution < -0.4 is 4.90 Å². The van der Waals surface area contributed by atoms with Gasteiger partial charge < -0.3 is 0 Å². The van der Waals surface area contributed by atoms with Gasteiger partial charge in [-0.25, -0.2) is 9.58 Å². The highest BCUT2D eigenvalue weighted by Gasteiger charge is 2.37. The van der Waals surface area contributed by atoms with Crippen molar-refractivity contribution in [2.45, 2.75) is 20.8 Å². The number of hydrogen-bond acceptors (Lipinski definition) is 4. The number of para-hydroxylation sites is 1. The van der Waals surface area contributed by atoms with E-state index in [1.165, 1.54) is 11.8 Å². The van der Waals surface area contributed by atoms with Crippen LogP contribution >= 0.6 is 0 Å². The summed E-state index contributed by atoms with van der Waals surface area (Å²) in [6, 6.07) is 18.1. The quantitative estimate of drug-likeness (QED) is 0.365. The Morgan fingerprint density at radius 2 is 1.52 bits per heavy atom. The minimum atomic E-state index is -0.414. The van der Waals surface area contributed by atoms with Crippen molar-refractivity contribution in [3.63, 3.8) is 0 Å². The summed E-state index contributed by atoms with van der Waals surface area (Å²) in [5.74, 6) is -0.938. The number of carbonyl (C=O) groups is 3. The number of Topliss-reactive ketones (excluding diaryl/α,β-unsaturated/α-hetero) is 1. The van der Waals surface area contributed by atoms with Gasteiger partial charge in [0.25, 0.3) is 11.8 Å². The van der Waals surface area contributed by atoms with E-state index in [4.69, 9.17) is 0 Å². The Morgan fingerprint density at radius 3 is 2.19 bits per heavy atom. The zero-order chi connectivity index (χ0) is 21.9. The number of nitrogens with zero attached hydrogens (tertiary/aromatic N) is 3. The van der Waals surface area contributed by atoms with E-state index >= 15 is 0 Å². The monoisotopic (exact) mass is 409 g/mol. The molecule has 0 radical (unpaired) electrons. The maximum atomic E-state index is 13.5. The number of rotatable bonds is 3. The SMILES string of the molecule is CC(=O)c1ccc2c3c(cccc13)C(=O)N(c1c(C)nn(-c3ccccc3)c1C)C2=O. The topological polar surface area (TPSA) is 72.3 Å². The molecule has 2 amide bonds. The van der Waals surface area contributed by atoms with Crippen molar-refractivity contribution >= 4 is 34.1 Å². The van der Waals surface area contributed by atoms with Crippen molar-refractivity contribution in [3.8, 4) is 5.69 Å². The van der Waals surface area contributed by atoms with Crippen LogP contribution in [0.25, 0.3) is 16.5 Å². The molecular weight excluding hydrogens is 390 g/mol. The number of aryl methyl sites for hydroxylation is 1. The molecule has 4 aromatic rings. The summed E-state index contributed by atoms with van der Waals surface area (Å²) in [4.78, 5) is 40.3. The minimum absolute atomic E-state index is 0.109. The Bertz CT molecular complexity index is 1390. The number of ketones is 1. The molecule has 6 heteroatoms. The van der Waals surface area contributed by atoms with Crippen LogP contribution in [0.3, 0.4) is 0 Å². The predicted octanol–water partition coefficient (Wildman–Crippen LogP) is 4.65. The summed E-state index contributed by atoms with van der Waals surface area (Å²) >= 11 is 0. The van der Waals surface area contributed by atoms with Gasteiger partial charge in [-0.2, -0.15) is 5.10 Å². The van der Waals surface area contributed by atoms with E-state index in [0.717, 1.165) is 5.69 Å². The second-order valence-electron chi connectivity index (χ2n) is 7.66. The zero-order valence-electron chi connectivity index (χ0n) is 17.3. The molecule has 0 spiro atoms. The van der Waals surface area contributed by atoms with Crippen molar-refractivity contribution in [1.82, 2.24) is 9.78 Å². The molecule has 6 nitrogen and oxygen atoms in total. The van der Waals surface area contributed by atoms with Crippen LogP contribution in [-0.2, 0) is 0 Å². The predicted molar refractivity (Wildman–Crippen MR) is 118 cm³/mol. The van der Waals surface area contributed by atoms with E-state index in [9.17, 15) is 14.4 Å². The van der Waals surface area contributed by atoms with Gasteiger partial charge in [-0.15, -0.1) is 0 Å². The molecule has 0 unspecified atom stereocenters. The molecule has 3 aromatic carbocycles. The Hall–Kier alpha value is -4.06. The molecule has 0 N–H and O–H groups in total. The minimum Gasteiger partial charge on any atom is -0.294 e. The van der Waals surface area contributed by atoms with Crippen molar-refractivity contribution in [1.29, 1.82) is 0 Å². The fourth-order valence-corrected chi connectivity index (χ4v) is 4.39. The lowest BCUT2D eigenvalue weighted by molar-refractivity contribution is 0.0891. The van der Waals surface area contributed by atoms with Crippen LogP contribution in [0.1, 0.15) is 49.4 Å². The molecule has 0 atom stereocenters. The van der Waals surface area contributed by atoms with E-state index < -0.39 is 11.8 Å². The first-order valence-electron chi connectivity index (χ1n) is 9.97. The van der Waals surface area contributed by atoms with Crippen LogP contribution in [0.4, 0.5) is 5.69 Å². The maximum Gasteiger partial charge on any atom is 0.266 e. The van der Waals surface area contributed by atoms with E-state index in [-0.39, 0.29) is 5.78 Å². The third-order valence-electron chi connectivity index (χ3n) is 5.76. The smallest absolute Gasteiger partial charge is 0.266 e. The number of benzene rings is 3. The van der Waals surface area contributed by atoms with Gasteiger partial charge >= 0.3 is 0 Å². The highest BCUT2D eigenvalue weighted by atomic mass is 16.2. The van der Waals surface area contributed by atoms with Gasteiger partial charge in [-0.05, 0) is 56.5 Å². The molecule has 0 bridgehead atoms. The van der Waals surface area contributed by atoms with E-state index in [1.54, 1.807) is 41.9 Å². The number of hydrogen-bond donors (Lipinski definition) is 0. The molecule has 0 saturated heterocycles. The van der Waals surface area contributed by atoms with Crippen LogP contribution in [0.2, 0.25) is 0 Å². The molecule has 31 heavy (non-hydrogen) atoms. The summed E-state index contributed by atoms with van der Waals surface area (Å²) < 4.78 is 1.74. The van der Waals surface area contributed by atoms with Gasteiger partial charge in [-0.1, -0.05) is 30.3 Å². The summed E-state index contributed by atoms with van der Waals surface area (Å²) in [5.41, 5.74) is 3.92. The highest BCUT2D eigenvalue weighted by molar-refractivity contribution is 6.37. The molecule has 1 aliphatic heterocycles. The van der Waals surface area contributed by atoms with E-state index in [0.29, 0.717) is 44.5 Å². The number of anilines is 1. The molecule has 2 heterocycles. The highest BCUT2D eigenvalue weighted by Crippen LogP contribution is 2.37. The first kappa shape index (κ1) is 18.9. The van der Waals surface area contributed by atoms with Gasteiger partial charge in [-0.3, -0.25) is 14.4 Å². The molecule has 0 aliphatic carbocycles. The average molecular weight is 409 g/mol. The van der Waals surface area contributed by atoms with Gasteiger partial charge in [0.1, 0.15) is 0 Å². The third-order valence-corrected chi connectivity index (χ3v) is 5.76. The average Bonchev–Trinajstić information content (AvgIpc) is 3.06. The fourth-order valence-electron chi connectivity index (χ4n) is 4.39. The van der Waals surface area contributed by atoms with E-state index in [1.807, 2.05) is 37.3 Å². The third kappa shape index (κ3) is 2.65. The van der Waals surface area contributed by atoms with Crippen molar-refractivity contribution in [2.75, 3.05) is 4.90 Å². The maximum absolute atomic E-state index is 13.5. The lowest BCUT2D eigenvalue weighted by Crippen LogP contribution is -2.41. The Morgan fingerprint density at radius 1 is 0.839 bits per heavy atom. The van der Waals surface area contributed by atoms with Gasteiger partial charge in [0.2, 0.25) is 0 Å². The Labute approximate surface area is 178 Å². The van der Waals surface area contributed by atoms with E-state index in [2.05, 4.69) is 5.10 Å². The van der Waals surface area contributed by atoms with Crippen LogP contribution in [0.5, 0.6) is 0 Å². The fraction of sp³-hybridized carbons (Fsp3) is 0.120. The first-order valence-corrected chi connectivity index (χ1v) is 9.97. The van der Waals surface area contributed by atoms with Crippen LogP contribution in [0.15, 0.2) is 60.7 Å². The number of amides is 2. The second-order valence-corrected chi connectivity index (χ2v) is 7.66. The molecule has 0 fully saturated rings. The number of imide groups is 1. The molecule has 1 aromatic heterocycles. The lowest BCUT2D eigenvalue weighted by Gasteiger charge is -2.28. The number of aromatic nitrogens is 2. The van der Waals surface area contributed by atoms with Crippen molar-refractivity contribution in [3.05, 3.63) is 88.7 Å². The van der Waals surface area contributed by atoms with Crippen molar-refractivity contribution in [2.24, 2.45) is 0 Å². The summed E-state index contributed by atoms with van der Waals surface area (Å²) in [6.45, 7) is 5.11. The molecule has 0 saturated carbocycles. The summed E-state index contributed by atoms with van der Waals surface area (Å²) in [7, 11) is 0. The Kier molecular flexibility index (Phi) is 4.12. The Balaban J connectivity index is 1.73. The first-order chi connectivity index (χ1) is 14.9. The standard InChI is InChI=1S/C25H19N3O3/c1-14-23(15(2)28(26-14)17-8-5-4-6-9-17)27-24(30)20-11-7-10-19-18(16(3)29)12-13-21(22(19)20)25(27)31/h4-13H,1-3H3. The normalized spacial score (nSPS) is 13.2. The summed E-state index contributed by atoms with van der Waals surface area (Å²) in [5, 5.41) is 5.75. The van der Waals surface area contributed by atoms with Crippen LogP contribution in [-0.4, -0.2) is 27.4 Å². The molecule has 152 valence electrons. The van der Waals surface area contributed by atoms with Gasteiger partial charge in [0.05, 0.1) is 22.8 Å². The zero-order valence-corrected chi connectivity index (χ0v) is 17.3. The van der Waals surface area contributed by atoms with Gasteiger partial charge in [0.15, 0.2) is 5.78 Å². The molecule has 1 aliphatic rings. The second kappa shape index (κ2) is 6.74. The van der Waals surface area contributed by atoms with Crippen molar-refractivity contribution < 1.29 is 14.4 Å². The molecular formula is C25H19N3O3. The number of carbonyl (C=O) groups excluding carboxylic acids is 3. The molecule has 5 rings (SSSR count). The van der Waals surface area contributed by atoms with Crippen LogP contribution in [0, 0.1) is 13.8 Å². The van der Waals surface area contributed by atoms with Gasteiger partial charge in [0, 0.05) is 22.1 Å².